The second kappa shape index (κ2) is 13.4. The van der Waals surface area contributed by atoms with Crippen LogP contribution >= 0.6 is 0 Å². The van der Waals surface area contributed by atoms with Crippen LogP contribution in [0.1, 0.15) is 128 Å². The predicted molar refractivity (Wildman–Crippen MR) is 130 cm³/mol. The molecule has 0 radical (unpaired) electrons. The maximum Gasteiger partial charge on any atom is 0.311 e. The smallest absolute Gasteiger partial charge is 0.311 e. The normalized spacial score (nSPS) is 25.7. The molecule has 0 unspecified atom stereocenters. The molecule has 3 rings (SSSR count). The molecule has 186 valence electrons. The zero-order chi connectivity index (χ0) is 23.6. The fourth-order valence-electron chi connectivity index (χ4n) is 6.17. The van der Waals surface area contributed by atoms with Crippen LogP contribution in [0.3, 0.4) is 0 Å². The van der Waals surface area contributed by atoms with Gasteiger partial charge in [-0.05, 0) is 80.2 Å². The average molecular weight is 463 g/mol. The van der Waals surface area contributed by atoms with E-state index < -0.39 is 17.6 Å². The van der Waals surface area contributed by atoms with E-state index in [1.807, 2.05) is 6.92 Å². The quantitative estimate of drug-likeness (QED) is 0.186. The fourth-order valence-corrected chi connectivity index (χ4v) is 6.17. The molecule has 0 bridgehead atoms. The summed E-state index contributed by atoms with van der Waals surface area (Å²) in [5, 5.41) is 0. The van der Waals surface area contributed by atoms with Gasteiger partial charge in [0.1, 0.15) is 0 Å². The van der Waals surface area contributed by atoms with Gasteiger partial charge >= 0.3 is 5.97 Å². The lowest BCUT2D eigenvalue weighted by atomic mass is 9.68. The number of esters is 1. The second-order valence-electron chi connectivity index (χ2n) is 10.6. The molecule has 1 aromatic carbocycles. The van der Waals surface area contributed by atoms with Gasteiger partial charge < -0.3 is 4.74 Å². The Balaban J connectivity index is 1.47. The van der Waals surface area contributed by atoms with E-state index in [9.17, 15) is 13.6 Å². The molecule has 2 aliphatic carbocycles. The predicted octanol–water partition coefficient (Wildman–Crippen LogP) is 9.11. The highest BCUT2D eigenvalue weighted by Gasteiger charge is 2.32. The molecule has 0 heterocycles. The average Bonchev–Trinajstić information content (AvgIpc) is 2.83. The van der Waals surface area contributed by atoms with Crippen molar-refractivity contribution >= 4 is 5.97 Å². The van der Waals surface area contributed by atoms with Gasteiger partial charge in [-0.15, -0.1) is 0 Å². The second-order valence-corrected chi connectivity index (χ2v) is 10.6. The third-order valence-electron chi connectivity index (χ3n) is 8.27. The van der Waals surface area contributed by atoms with Crippen molar-refractivity contribution in [2.45, 2.75) is 122 Å². The van der Waals surface area contributed by atoms with Crippen LogP contribution in [0.25, 0.3) is 0 Å². The summed E-state index contributed by atoms with van der Waals surface area (Å²) >= 11 is 0. The molecule has 4 heteroatoms. The van der Waals surface area contributed by atoms with E-state index in [4.69, 9.17) is 4.74 Å². The number of hydrogen-bond donors (Lipinski definition) is 0. The summed E-state index contributed by atoms with van der Waals surface area (Å²) in [5.74, 6) is -0.0450. The molecule has 0 spiro atoms. The van der Waals surface area contributed by atoms with Gasteiger partial charge in [-0.25, -0.2) is 4.39 Å². The minimum atomic E-state index is -1.01. The first-order chi connectivity index (χ1) is 16.0. The molecule has 2 nitrogen and oxygen atoms in total. The molecule has 0 amide bonds. The Hall–Kier alpha value is -1.45. The van der Waals surface area contributed by atoms with Gasteiger partial charge in [0.2, 0.25) is 5.82 Å². The van der Waals surface area contributed by atoms with E-state index in [-0.39, 0.29) is 18.1 Å². The summed E-state index contributed by atoms with van der Waals surface area (Å²) in [7, 11) is 0. The minimum absolute atomic E-state index is 0.0652. The van der Waals surface area contributed by atoms with Crippen molar-refractivity contribution in [3.05, 3.63) is 29.3 Å². The molecule has 1 aromatic rings. The number of benzene rings is 1. The number of unbranched alkanes of at least 4 members (excludes halogenated alkanes) is 4. The first kappa shape index (κ1) is 26.2. The summed E-state index contributed by atoms with van der Waals surface area (Å²) in [6.45, 7) is 4.32. The summed E-state index contributed by atoms with van der Waals surface area (Å²) < 4.78 is 34.6. The van der Waals surface area contributed by atoms with E-state index in [1.165, 1.54) is 57.4 Å². The van der Waals surface area contributed by atoms with Crippen LogP contribution < -0.4 is 4.74 Å². The van der Waals surface area contributed by atoms with Crippen LogP contribution in [0, 0.1) is 29.4 Å². The van der Waals surface area contributed by atoms with E-state index >= 15 is 0 Å². The van der Waals surface area contributed by atoms with E-state index in [0.717, 1.165) is 56.3 Å². The van der Waals surface area contributed by atoms with Crippen molar-refractivity contribution in [1.29, 1.82) is 0 Å². The van der Waals surface area contributed by atoms with Crippen LogP contribution in [0.2, 0.25) is 0 Å². The van der Waals surface area contributed by atoms with Gasteiger partial charge in [0, 0.05) is 6.42 Å². The highest BCUT2D eigenvalue weighted by molar-refractivity contribution is 5.72. The Labute approximate surface area is 199 Å². The summed E-state index contributed by atoms with van der Waals surface area (Å²) in [5.41, 5.74) is 0.455. The Bertz CT molecular complexity index is 731. The van der Waals surface area contributed by atoms with Crippen molar-refractivity contribution < 1.29 is 18.3 Å². The molecule has 0 aromatic heterocycles. The minimum Gasteiger partial charge on any atom is -0.423 e. The Morgan fingerprint density at radius 2 is 1.42 bits per heavy atom. The van der Waals surface area contributed by atoms with Gasteiger partial charge in [-0.1, -0.05) is 71.3 Å². The fraction of sp³-hybridized carbons (Fsp3) is 0.759. The van der Waals surface area contributed by atoms with Gasteiger partial charge in [-0.2, -0.15) is 4.39 Å². The number of rotatable bonds is 11. The van der Waals surface area contributed by atoms with E-state index in [0.29, 0.717) is 12.0 Å². The van der Waals surface area contributed by atoms with Gasteiger partial charge in [-0.3, -0.25) is 4.79 Å². The third-order valence-corrected chi connectivity index (χ3v) is 8.27. The SMILES string of the molecule is CCCCCC(=O)Oc1ccc(C2CCC(C3CCC(CCCCC)CC3)CC2)c(F)c1F. The van der Waals surface area contributed by atoms with E-state index in [1.54, 1.807) is 6.07 Å². The maximum atomic E-state index is 14.9. The maximum absolute atomic E-state index is 14.9. The standard InChI is InChI=1S/C29H44F2O2/c1-3-5-7-9-21-11-13-22(14-12-21)23-15-17-24(18-16-23)25-19-20-26(29(31)28(25)30)33-27(32)10-8-6-4-2/h19-24H,3-18H2,1-2H3. The number of ether oxygens (including phenoxy) is 1. The van der Waals surface area contributed by atoms with Crippen LogP contribution in [-0.4, -0.2) is 5.97 Å². The number of halogens is 2. The summed E-state index contributed by atoms with van der Waals surface area (Å²) in [4.78, 5) is 11.9. The highest BCUT2D eigenvalue weighted by atomic mass is 19.2. The topological polar surface area (TPSA) is 26.3 Å². The molecule has 33 heavy (non-hydrogen) atoms. The lowest BCUT2D eigenvalue weighted by Gasteiger charge is -2.38. The van der Waals surface area contributed by atoms with Crippen molar-refractivity contribution in [2.24, 2.45) is 17.8 Å². The van der Waals surface area contributed by atoms with Gasteiger partial charge in [0.15, 0.2) is 11.6 Å². The van der Waals surface area contributed by atoms with Crippen molar-refractivity contribution in [2.75, 3.05) is 0 Å². The number of carbonyl (C=O) groups excluding carboxylic acids is 1. The number of hydrogen-bond acceptors (Lipinski definition) is 2. The van der Waals surface area contributed by atoms with Crippen LogP contribution in [-0.2, 0) is 4.79 Å². The van der Waals surface area contributed by atoms with Crippen molar-refractivity contribution in [3.8, 4) is 5.75 Å². The largest absolute Gasteiger partial charge is 0.423 e. The van der Waals surface area contributed by atoms with E-state index in [2.05, 4.69) is 6.92 Å². The Kier molecular flexibility index (Phi) is 10.7. The lowest BCUT2D eigenvalue weighted by Crippen LogP contribution is -2.25. The third kappa shape index (κ3) is 7.52. The van der Waals surface area contributed by atoms with Crippen LogP contribution in [0.5, 0.6) is 5.75 Å². The Morgan fingerprint density at radius 1 is 0.818 bits per heavy atom. The zero-order valence-electron chi connectivity index (χ0n) is 20.9. The first-order valence-corrected chi connectivity index (χ1v) is 13.7. The summed E-state index contributed by atoms with van der Waals surface area (Å²) in [6.07, 6.45) is 17.9. The monoisotopic (exact) mass is 462 g/mol. The highest BCUT2D eigenvalue weighted by Crippen LogP contribution is 2.45. The van der Waals surface area contributed by atoms with Gasteiger partial charge in [0.05, 0.1) is 0 Å². The molecule has 0 atom stereocenters. The van der Waals surface area contributed by atoms with Crippen LogP contribution in [0.4, 0.5) is 8.78 Å². The molecule has 2 saturated carbocycles. The number of carbonyl (C=O) groups is 1. The molecule has 2 fully saturated rings. The molecule has 0 aliphatic heterocycles. The van der Waals surface area contributed by atoms with Crippen molar-refractivity contribution in [1.82, 2.24) is 0 Å². The molecular formula is C29H44F2O2. The first-order valence-electron chi connectivity index (χ1n) is 13.7. The molecule has 2 aliphatic rings. The molecule has 0 N–H and O–H groups in total. The molecule has 0 saturated heterocycles. The zero-order valence-corrected chi connectivity index (χ0v) is 20.9. The van der Waals surface area contributed by atoms with Crippen LogP contribution in [0.15, 0.2) is 12.1 Å². The Morgan fingerprint density at radius 3 is 2.06 bits per heavy atom. The van der Waals surface area contributed by atoms with Gasteiger partial charge in [0.25, 0.3) is 0 Å². The lowest BCUT2D eigenvalue weighted by molar-refractivity contribution is -0.134. The summed E-state index contributed by atoms with van der Waals surface area (Å²) in [6, 6.07) is 3.08. The van der Waals surface area contributed by atoms with Crippen molar-refractivity contribution in [3.63, 3.8) is 0 Å². The molecular weight excluding hydrogens is 418 g/mol.